The van der Waals surface area contributed by atoms with Gasteiger partial charge < -0.3 is 14.8 Å². The highest BCUT2D eigenvalue weighted by molar-refractivity contribution is 14.1. The predicted octanol–water partition coefficient (Wildman–Crippen LogP) is 2.09. The average Bonchev–Trinajstić information content (AvgIpc) is 1.98. The molecule has 0 unspecified atom stereocenters. The largest absolute Gasteiger partial charge is 0.530 e. The molecule has 0 N–H and O–H groups in total. The van der Waals surface area contributed by atoms with Gasteiger partial charge in [-0.15, -0.1) is 0 Å². The Labute approximate surface area is 107 Å². The molecule has 3 nitrogen and oxygen atoms in total. The summed E-state index contributed by atoms with van der Waals surface area (Å²) >= 11 is 7.45. The minimum Gasteiger partial charge on any atom is -0.530 e. The van der Waals surface area contributed by atoms with Gasteiger partial charge in [-0.05, 0) is 68.0 Å². The summed E-state index contributed by atoms with van der Waals surface area (Å²) in [4.78, 5) is 11.7. The second kappa shape index (κ2) is 6.41. The standard InChI is InChI=1S/C6H8BrI2NO2/c1-2-10(6(11)12)3-4(8)5(7)9/h2-3H2,1H3,(H,11,12)/p-1/b5-4-. The van der Waals surface area contributed by atoms with E-state index >= 15 is 0 Å². The fourth-order valence-corrected chi connectivity index (χ4v) is 1.24. The van der Waals surface area contributed by atoms with Crippen LogP contribution in [0.2, 0.25) is 0 Å². The van der Waals surface area contributed by atoms with Crippen LogP contribution in [0, 0.1) is 0 Å². The highest BCUT2D eigenvalue weighted by atomic mass is 127. The molecule has 12 heavy (non-hydrogen) atoms. The van der Waals surface area contributed by atoms with Crippen molar-refractivity contribution in [1.29, 1.82) is 0 Å². The summed E-state index contributed by atoms with van der Waals surface area (Å²) in [7, 11) is 0. The van der Waals surface area contributed by atoms with Crippen LogP contribution in [0.1, 0.15) is 6.92 Å². The monoisotopic (exact) mass is 458 g/mol. The smallest absolute Gasteiger partial charge is 0.137 e. The lowest BCUT2D eigenvalue weighted by Gasteiger charge is -2.22. The minimum atomic E-state index is -1.13. The molecule has 0 aliphatic heterocycles. The van der Waals surface area contributed by atoms with Crippen LogP contribution >= 0.6 is 61.1 Å². The van der Waals surface area contributed by atoms with Crippen LogP contribution in [0.5, 0.6) is 0 Å². The van der Waals surface area contributed by atoms with Gasteiger partial charge in [-0.3, -0.25) is 0 Å². The number of halogens is 3. The topological polar surface area (TPSA) is 43.4 Å². The minimum absolute atomic E-state index is 0.392. The molecule has 0 saturated carbocycles. The Morgan fingerprint density at radius 2 is 2.08 bits per heavy atom. The van der Waals surface area contributed by atoms with Crippen molar-refractivity contribution >= 4 is 67.2 Å². The van der Waals surface area contributed by atoms with E-state index in [1.165, 1.54) is 4.90 Å². The first-order chi connectivity index (χ1) is 5.49. The molecule has 70 valence electrons. The van der Waals surface area contributed by atoms with Gasteiger partial charge in [-0.2, -0.15) is 0 Å². The zero-order chi connectivity index (χ0) is 9.72. The Morgan fingerprint density at radius 3 is 2.33 bits per heavy atom. The van der Waals surface area contributed by atoms with E-state index in [-0.39, 0.29) is 0 Å². The van der Waals surface area contributed by atoms with Gasteiger partial charge in [0.2, 0.25) is 0 Å². The van der Waals surface area contributed by atoms with E-state index in [4.69, 9.17) is 0 Å². The van der Waals surface area contributed by atoms with Crippen molar-refractivity contribution in [2.75, 3.05) is 13.1 Å². The van der Waals surface area contributed by atoms with Gasteiger partial charge >= 0.3 is 0 Å². The number of carbonyl (C=O) groups is 1. The molecule has 0 aromatic heterocycles. The van der Waals surface area contributed by atoms with Crippen LogP contribution in [0.25, 0.3) is 0 Å². The number of rotatable bonds is 3. The van der Waals surface area contributed by atoms with Gasteiger partial charge in [-0.25, -0.2) is 0 Å². The predicted molar refractivity (Wildman–Crippen MR) is 66.6 cm³/mol. The molecule has 0 atom stereocenters. The molecule has 0 saturated heterocycles. The molecule has 0 spiro atoms. The van der Waals surface area contributed by atoms with Crippen LogP contribution in [-0.4, -0.2) is 24.1 Å². The molecule has 0 bridgehead atoms. The molecule has 0 fully saturated rings. The molecular weight excluding hydrogens is 452 g/mol. The Hall–Kier alpha value is 0.950. The van der Waals surface area contributed by atoms with Crippen LogP contribution < -0.4 is 5.11 Å². The highest BCUT2D eigenvalue weighted by Crippen LogP contribution is 2.25. The maximum Gasteiger partial charge on any atom is 0.137 e. The lowest BCUT2D eigenvalue weighted by Crippen LogP contribution is -2.41. The number of amides is 1. The molecule has 0 heterocycles. The fourth-order valence-electron chi connectivity index (χ4n) is 0.533. The maximum absolute atomic E-state index is 10.5. The second-order valence-electron chi connectivity index (χ2n) is 1.95. The van der Waals surface area contributed by atoms with Crippen molar-refractivity contribution in [2.45, 2.75) is 6.92 Å². The third-order valence-electron chi connectivity index (χ3n) is 1.17. The normalized spacial score (nSPS) is 12.3. The SMILES string of the molecule is CCN(C/C(I)=C(\Br)I)C(=O)[O-]. The molecule has 0 aliphatic rings. The molecule has 0 rings (SSSR count). The van der Waals surface area contributed by atoms with E-state index in [0.717, 1.165) is 6.07 Å². The first-order valence-electron chi connectivity index (χ1n) is 3.14. The molecule has 6 heteroatoms. The van der Waals surface area contributed by atoms with Gasteiger partial charge in [0.05, 0.1) is 9.03 Å². The van der Waals surface area contributed by atoms with Gasteiger partial charge in [0.25, 0.3) is 0 Å². The van der Waals surface area contributed by atoms with Gasteiger partial charge in [0.1, 0.15) is 6.09 Å². The van der Waals surface area contributed by atoms with E-state index in [1.54, 1.807) is 6.92 Å². The number of nitrogens with zero attached hydrogens (tertiary/aromatic N) is 1. The molecule has 1 amide bonds. The average molecular weight is 459 g/mol. The Morgan fingerprint density at radius 1 is 1.58 bits per heavy atom. The first kappa shape index (κ1) is 12.9. The van der Waals surface area contributed by atoms with Crippen molar-refractivity contribution in [2.24, 2.45) is 0 Å². The number of carbonyl (C=O) groups excluding carboxylic acids is 1. The van der Waals surface area contributed by atoms with Gasteiger partial charge in [0, 0.05) is 10.1 Å². The lowest BCUT2D eigenvalue weighted by atomic mass is 10.5. The van der Waals surface area contributed by atoms with Crippen molar-refractivity contribution in [1.82, 2.24) is 4.90 Å². The zero-order valence-corrected chi connectivity index (χ0v) is 12.2. The molecule has 0 aliphatic carbocycles. The van der Waals surface area contributed by atoms with Crippen LogP contribution in [0.4, 0.5) is 4.79 Å². The Balaban J connectivity index is 4.22. The van der Waals surface area contributed by atoms with Crippen molar-refractivity contribution < 1.29 is 9.90 Å². The molecule has 0 aromatic carbocycles. The van der Waals surface area contributed by atoms with E-state index in [1.807, 2.05) is 0 Å². The number of carboxylic acid groups (broad SMARTS) is 1. The summed E-state index contributed by atoms with van der Waals surface area (Å²) in [5.74, 6) is 0. The van der Waals surface area contributed by atoms with Crippen LogP contribution in [0.15, 0.2) is 6.07 Å². The van der Waals surface area contributed by atoms with Crippen LogP contribution in [0.3, 0.4) is 0 Å². The summed E-state index contributed by atoms with van der Waals surface area (Å²) < 4.78 is 1.89. The van der Waals surface area contributed by atoms with Crippen molar-refractivity contribution in [3.63, 3.8) is 0 Å². The Bertz CT molecular complexity index is 204. The van der Waals surface area contributed by atoms with Crippen molar-refractivity contribution in [3.8, 4) is 0 Å². The first-order valence-corrected chi connectivity index (χ1v) is 6.09. The molecule has 0 aromatic rings. The third kappa shape index (κ3) is 4.85. The second-order valence-corrected chi connectivity index (χ2v) is 6.60. The molecule has 0 radical (unpaired) electrons. The number of likely N-dealkylation sites (N-methyl/N-ethyl adjacent to an activating group) is 1. The lowest BCUT2D eigenvalue weighted by molar-refractivity contribution is -0.264. The summed E-state index contributed by atoms with van der Waals surface area (Å²) in [5, 5.41) is 10.5. The fraction of sp³-hybridized carbons (Fsp3) is 0.500. The van der Waals surface area contributed by atoms with Crippen molar-refractivity contribution in [3.05, 3.63) is 6.07 Å². The van der Waals surface area contributed by atoms with Crippen LogP contribution in [-0.2, 0) is 0 Å². The van der Waals surface area contributed by atoms with E-state index in [0.29, 0.717) is 13.1 Å². The number of hydrogen-bond acceptors (Lipinski definition) is 2. The molecular formula is C6H7BrI2NO2-. The van der Waals surface area contributed by atoms with E-state index in [2.05, 4.69) is 61.1 Å². The van der Waals surface area contributed by atoms with E-state index in [9.17, 15) is 9.90 Å². The van der Waals surface area contributed by atoms with E-state index < -0.39 is 6.09 Å². The number of hydrogen-bond donors (Lipinski definition) is 0. The summed E-state index contributed by atoms with van der Waals surface area (Å²) in [6, 6.07) is 0. The highest BCUT2D eigenvalue weighted by Gasteiger charge is 2.04. The Kier molecular flexibility index (Phi) is 6.92. The van der Waals surface area contributed by atoms with Gasteiger partial charge in [-0.1, -0.05) is 0 Å². The maximum atomic E-state index is 10.5. The quantitative estimate of drug-likeness (QED) is 0.608. The van der Waals surface area contributed by atoms with Gasteiger partial charge in [0.15, 0.2) is 0 Å². The summed E-state index contributed by atoms with van der Waals surface area (Å²) in [5.41, 5.74) is 0. The summed E-state index contributed by atoms with van der Waals surface area (Å²) in [6.45, 7) is 2.62. The third-order valence-corrected chi connectivity index (χ3v) is 4.96. The summed E-state index contributed by atoms with van der Waals surface area (Å²) in [6.07, 6.45) is -1.13. The zero-order valence-electron chi connectivity index (χ0n) is 6.31.